The van der Waals surface area contributed by atoms with Crippen LogP contribution in [0.2, 0.25) is 0 Å². The molecular weight excluding hydrogens is 322 g/mol. The van der Waals surface area contributed by atoms with Crippen LogP contribution in [0.25, 0.3) is 0 Å². The molecule has 2 fully saturated rings. The maximum absolute atomic E-state index is 6.05. The van der Waals surface area contributed by atoms with Gasteiger partial charge >= 0.3 is 0 Å². The summed E-state index contributed by atoms with van der Waals surface area (Å²) in [5, 5.41) is 4.09. The highest BCUT2D eigenvalue weighted by Crippen LogP contribution is 2.44. The first-order chi connectivity index (χ1) is 12.7. The normalized spacial score (nSPS) is 21.4. The predicted molar refractivity (Wildman–Crippen MR) is 105 cm³/mol. The number of hydrogen-bond acceptors (Lipinski definition) is 3. The van der Waals surface area contributed by atoms with Crippen LogP contribution in [0.4, 0.5) is 0 Å². The van der Waals surface area contributed by atoms with E-state index in [2.05, 4.69) is 35.3 Å². The van der Waals surface area contributed by atoms with Gasteiger partial charge in [0.1, 0.15) is 0 Å². The van der Waals surface area contributed by atoms with Crippen LogP contribution in [0.15, 0.2) is 36.8 Å². The fourth-order valence-corrected chi connectivity index (χ4v) is 4.25. The first-order valence-electron chi connectivity index (χ1n) is 10.2. The highest BCUT2D eigenvalue weighted by Gasteiger charge is 2.40. The van der Waals surface area contributed by atoms with Crippen LogP contribution in [-0.2, 0) is 18.2 Å². The second kappa shape index (κ2) is 9.31. The topological polar surface area (TPSA) is 39.9 Å². The van der Waals surface area contributed by atoms with Gasteiger partial charge in [-0.05, 0) is 56.2 Å². The number of hydrogen-bond donors (Lipinski definition) is 0. The van der Waals surface area contributed by atoms with E-state index < -0.39 is 0 Å². The van der Waals surface area contributed by atoms with Crippen molar-refractivity contribution < 1.29 is 4.74 Å². The Balaban J connectivity index is 0.000000170. The third-order valence-corrected chi connectivity index (χ3v) is 5.69. The van der Waals surface area contributed by atoms with Gasteiger partial charge < -0.3 is 4.74 Å². The van der Waals surface area contributed by atoms with Crippen molar-refractivity contribution in [1.29, 1.82) is 0 Å². The van der Waals surface area contributed by atoms with Crippen molar-refractivity contribution in [2.75, 3.05) is 6.61 Å². The summed E-state index contributed by atoms with van der Waals surface area (Å²) < 4.78 is 7.90. The quantitative estimate of drug-likeness (QED) is 0.770. The molecule has 4 heteroatoms. The Bertz CT molecular complexity index is 646. The molecule has 0 amide bonds. The fourth-order valence-electron chi connectivity index (χ4n) is 4.25. The molecule has 1 spiro atoms. The largest absolute Gasteiger partial charge is 0.375 e. The zero-order valence-corrected chi connectivity index (χ0v) is 16.4. The van der Waals surface area contributed by atoms with Crippen molar-refractivity contribution in [3.05, 3.63) is 48.0 Å². The average molecular weight is 356 g/mol. The maximum atomic E-state index is 6.05. The van der Waals surface area contributed by atoms with Gasteiger partial charge in [-0.1, -0.05) is 32.3 Å². The third-order valence-electron chi connectivity index (χ3n) is 5.69. The lowest BCUT2D eigenvalue weighted by Crippen LogP contribution is -2.36. The molecular formula is C22H33N3O. The number of rotatable bonds is 4. The number of nitrogens with zero attached hydrogens (tertiary/aromatic N) is 3. The number of ether oxygens (including phenoxy) is 1. The maximum Gasteiger partial charge on any atom is 0.0689 e. The molecule has 142 valence electrons. The van der Waals surface area contributed by atoms with Crippen LogP contribution in [0.5, 0.6) is 0 Å². The van der Waals surface area contributed by atoms with Gasteiger partial charge in [-0.15, -0.1) is 0 Å². The molecule has 26 heavy (non-hydrogen) atoms. The number of pyridine rings is 1. The van der Waals surface area contributed by atoms with Crippen LogP contribution in [-0.4, -0.2) is 27.0 Å². The van der Waals surface area contributed by atoms with Gasteiger partial charge in [0, 0.05) is 37.7 Å². The van der Waals surface area contributed by atoms with Crippen LogP contribution in [0, 0.1) is 0 Å². The number of aryl methyl sites for hydroxylation is 2. The van der Waals surface area contributed by atoms with Gasteiger partial charge in [0.05, 0.1) is 11.8 Å². The molecule has 4 rings (SSSR count). The molecule has 0 unspecified atom stereocenters. The predicted octanol–water partition coefficient (Wildman–Crippen LogP) is 5.05. The highest BCUT2D eigenvalue weighted by molar-refractivity contribution is 5.12. The first kappa shape index (κ1) is 19.1. The second-order valence-corrected chi connectivity index (χ2v) is 7.81. The summed E-state index contributed by atoms with van der Waals surface area (Å²) in [5.74, 6) is 0.619. The summed E-state index contributed by atoms with van der Waals surface area (Å²) >= 11 is 0. The van der Waals surface area contributed by atoms with Gasteiger partial charge in [-0.2, -0.15) is 5.10 Å². The zero-order valence-electron chi connectivity index (χ0n) is 16.4. The first-order valence-corrected chi connectivity index (χ1v) is 10.2. The molecule has 2 aromatic heterocycles. The van der Waals surface area contributed by atoms with Gasteiger partial charge in [-0.25, -0.2) is 0 Å². The van der Waals surface area contributed by atoms with Crippen molar-refractivity contribution in [3.8, 4) is 0 Å². The van der Waals surface area contributed by atoms with E-state index in [-0.39, 0.29) is 5.60 Å². The summed E-state index contributed by atoms with van der Waals surface area (Å²) in [5.41, 5.74) is 2.82. The molecule has 1 saturated heterocycles. The van der Waals surface area contributed by atoms with E-state index in [0.717, 1.165) is 13.0 Å². The van der Waals surface area contributed by atoms with E-state index in [1.54, 1.807) is 0 Å². The van der Waals surface area contributed by atoms with E-state index in [4.69, 9.17) is 4.74 Å². The molecule has 1 saturated carbocycles. The van der Waals surface area contributed by atoms with Gasteiger partial charge in [0.15, 0.2) is 0 Å². The van der Waals surface area contributed by atoms with Gasteiger partial charge in [0.2, 0.25) is 0 Å². The molecule has 0 aromatic carbocycles. The second-order valence-electron chi connectivity index (χ2n) is 7.81. The lowest BCUT2D eigenvalue weighted by Gasteiger charge is -2.38. The lowest BCUT2D eigenvalue weighted by molar-refractivity contribution is -0.0809. The lowest BCUT2D eigenvalue weighted by atomic mass is 9.83. The van der Waals surface area contributed by atoms with E-state index >= 15 is 0 Å². The Labute approximate surface area is 158 Å². The van der Waals surface area contributed by atoms with Gasteiger partial charge in [-0.3, -0.25) is 9.67 Å². The molecule has 0 bridgehead atoms. The van der Waals surface area contributed by atoms with Crippen molar-refractivity contribution in [2.45, 2.75) is 76.2 Å². The zero-order chi connectivity index (χ0) is 18.2. The molecule has 2 aliphatic rings. The molecule has 3 heterocycles. The summed E-state index contributed by atoms with van der Waals surface area (Å²) in [7, 11) is 1.95. The minimum atomic E-state index is 0.209. The summed E-state index contributed by atoms with van der Waals surface area (Å²) in [4.78, 5) is 4.50. The molecule has 1 aliphatic carbocycles. The number of aromatic nitrogens is 3. The SMILES string of the molecule is CCCCc1cnn(C)c1.c1ccc([C@@H]2CCOC3(CCCC3)C2)nc1. The van der Waals surface area contributed by atoms with E-state index in [0.29, 0.717) is 5.92 Å². The van der Waals surface area contributed by atoms with Crippen molar-refractivity contribution >= 4 is 0 Å². The molecule has 0 radical (unpaired) electrons. The summed E-state index contributed by atoms with van der Waals surface area (Å²) in [6, 6.07) is 6.26. The van der Waals surface area contributed by atoms with Gasteiger partial charge in [0.25, 0.3) is 0 Å². The third kappa shape index (κ3) is 5.16. The minimum absolute atomic E-state index is 0.209. The summed E-state index contributed by atoms with van der Waals surface area (Å²) in [6.45, 7) is 3.12. The Hall–Kier alpha value is -1.68. The van der Waals surface area contributed by atoms with Crippen molar-refractivity contribution in [1.82, 2.24) is 14.8 Å². The molecule has 0 N–H and O–H groups in total. The average Bonchev–Trinajstić information content (AvgIpc) is 3.30. The Morgan fingerprint density at radius 2 is 2.12 bits per heavy atom. The van der Waals surface area contributed by atoms with Crippen molar-refractivity contribution in [3.63, 3.8) is 0 Å². The molecule has 1 atom stereocenters. The monoisotopic (exact) mass is 355 g/mol. The van der Waals surface area contributed by atoms with Crippen LogP contribution in [0.1, 0.15) is 75.5 Å². The van der Waals surface area contributed by atoms with E-state index in [9.17, 15) is 0 Å². The standard InChI is InChI=1S/C14H19NO.C8H14N2/c1-4-9-15-13(5-1)12-6-10-16-14(11-12)7-2-3-8-14;1-3-4-5-8-6-9-10(2)7-8/h1,4-5,9,12H,2-3,6-8,10-11H2;6-7H,3-5H2,1-2H3/t12-;/m1./s1. The minimum Gasteiger partial charge on any atom is -0.375 e. The fraction of sp³-hybridized carbons (Fsp3) is 0.636. The Morgan fingerprint density at radius 1 is 1.27 bits per heavy atom. The molecule has 2 aromatic rings. The van der Waals surface area contributed by atoms with Crippen molar-refractivity contribution in [2.24, 2.45) is 7.05 Å². The van der Waals surface area contributed by atoms with Crippen LogP contribution >= 0.6 is 0 Å². The molecule has 4 nitrogen and oxygen atoms in total. The smallest absolute Gasteiger partial charge is 0.0689 e. The Morgan fingerprint density at radius 3 is 2.77 bits per heavy atom. The van der Waals surface area contributed by atoms with E-state index in [1.165, 1.54) is 62.6 Å². The van der Waals surface area contributed by atoms with E-state index in [1.807, 2.05) is 30.2 Å². The van der Waals surface area contributed by atoms with Crippen LogP contribution < -0.4 is 0 Å². The number of unbranched alkanes of at least 4 members (excludes halogenated alkanes) is 1. The Kier molecular flexibility index (Phi) is 6.84. The van der Waals surface area contributed by atoms with Crippen LogP contribution in [0.3, 0.4) is 0 Å². The highest BCUT2D eigenvalue weighted by atomic mass is 16.5. The molecule has 1 aliphatic heterocycles. The summed E-state index contributed by atoms with van der Waals surface area (Å²) in [6.07, 6.45) is 17.2.